The maximum atomic E-state index is 12.3. The molecule has 4 nitrogen and oxygen atoms in total. The first kappa shape index (κ1) is 14.3. The van der Waals surface area contributed by atoms with Crippen LogP contribution in [0.25, 0.3) is 0 Å². The van der Waals surface area contributed by atoms with Crippen LogP contribution in [-0.2, 0) is 0 Å². The van der Waals surface area contributed by atoms with Crippen molar-refractivity contribution in [3.8, 4) is 0 Å². The van der Waals surface area contributed by atoms with Gasteiger partial charge in [-0.15, -0.1) is 11.3 Å². The van der Waals surface area contributed by atoms with Gasteiger partial charge in [0.2, 0.25) is 0 Å². The average molecular weight is 281 g/mol. The van der Waals surface area contributed by atoms with Crippen LogP contribution in [0.4, 0.5) is 5.69 Å². The van der Waals surface area contributed by atoms with Crippen LogP contribution in [0, 0.1) is 5.92 Å². The molecule has 0 aliphatic carbocycles. The van der Waals surface area contributed by atoms with Crippen LogP contribution in [-0.4, -0.2) is 48.4 Å². The van der Waals surface area contributed by atoms with Gasteiger partial charge >= 0.3 is 0 Å². The molecular formula is C14H23N3OS. The highest BCUT2D eigenvalue weighted by Gasteiger charge is 2.23. The molecule has 0 saturated carbocycles. The molecule has 106 valence electrons. The molecule has 1 saturated heterocycles. The number of anilines is 1. The highest BCUT2D eigenvalue weighted by Crippen LogP contribution is 2.21. The SMILES string of the molecule is CC(C)CCN1CCN(C(=O)c2sccc2N)CC1. The van der Waals surface area contributed by atoms with Crippen molar-refractivity contribution in [1.29, 1.82) is 0 Å². The predicted octanol–water partition coefficient (Wildman–Crippen LogP) is 2.13. The fourth-order valence-corrected chi connectivity index (χ4v) is 3.04. The molecule has 0 bridgehead atoms. The van der Waals surface area contributed by atoms with E-state index in [-0.39, 0.29) is 5.91 Å². The van der Waals surface area contributed by atoms with Gasteiger partial charge in [-0.2, -0.15) is 0 Å². The van der Waals surface area contributed by atoms with Crippen molar-refractivity contribution in [2.45, 2.75) is 20.3 Å². The summed E-state index contributed by atoms with van der Waals surface area (Å²) >= 11 is 1.44. The number of nitrogen functional groups attached to an aromatic ring is 1. The van der Waals surface area contributed by atoms with Gasteiger partial charge in [0.1, 0.15) is 4.88 Å². The number of hydrogen-bond donors (Lipinski definition) is 1. The second-order valence-electron chi connectivity index (χ2n) is 5.52. The number of amides is 1. The fraction of sp³-hybridized carbons (Fsp3) is 0.643. The Hall–Kier alpha value is -1.07. The second kappa shape index (κ2) is 6.39. The molecular weight excluding hydrogens is 258 g/mol. The molecule has 1 aromatic heterocycles. The van der Waals surface area contributed by atoms with E-state index in [1.165, 1.54) is 17.8 Å². The molecule has 2 heterocycles. The molecule has 1 amide bonds. The predicted molar refractivity (Wildman–Crippen MR) is 80.5 cm³/mol. The summed E-state index contributed by atoms with van der Waals surface area (Å²) in [6.45, 7) is 9.22. The lowest BCUT2D eigenvalue weighted by Crippen LogP contribution is -2.48. The quantitative estimate of drug-likeness (QED) is 0.920. The third-order valence-electron chi connectivity index (χ3n) is 3.57. The minimum atomic E-state index is 0.0935. The van der Waals surface area contributed by atoms with Crippen molar-refractivity contribution in [2.24, 2.45) is 5.92 Å². The van der Waals surface area contributed by atoms with Crippen molar-refractivity contribution in [2.75, 3.05) is 38.5 Å². The Bertz CT molecular complexity index is 422. The number of carbonyl (C=O) groups is 1. The number of thiophene rings is 1. The molecule has 5 heteroatoms. The van der Waals surface area contributed by atoms with E-state index < -0.39 is 0 Å². The van der Waals surface area contributed by atoms with Gasteiger partial charge in [0.05, 0.1) is 5.69 Å². The Morgan fingerprint density at radius 2 is 2.05 bits per heavy atom. The van der Waals surface area contributed by atoms with Crippen LogP contribution in [0.3, 0.4) is 0 Å². The Morgan fingerprint density at radius 3 is 2.58 bits per heavy atom. The van der Waals surface area contributed by atoms with Gasteiger partial charge < -0.3 is 10.6 Å². The largest absolute Gasteiger partial charge is 0.397 e. The highest BCUT2D eigenvalue weighted by molar-refractivity contribution is 7.12. The Labute approximate surface area is 119 Å². The Kier molecular flexibility index (Phi) is 4.82. The normalized spacial score (nSPS) is 17.1. The minimum absolute atomic E-state index is 0.0935. The monoisotopic (exact) mass is 281 g/mol. The van der Waals surface area contributed by atoms with Crippen molar-refractivity contribution < 1.29 is 4.79 Å². The van der Waals surface area contributed by atoms with Gasteiger partial charge in [-0.1, -0.05) is 13.8 Å². The summed E-state index contributed by atoms with van der Waals surface area (Å²) in [5.74, 6) is 0.835. The van der Waals surface area contributed by atoms with Gasteiger partial charge in [0.25, 0.3) is 5.91 Å². The zero-order valence-electron chi connectivity index (χ0n) is 11.8. The van der Waals surface area contributed by atoms with Crippen molar-refractivity contribution in [1.82, 2.24) is 9.80 Å². The van der Waals surface area contributed by atoms with Crippen LogP contribution < -0.4 is 5.73 Å². The molecule has 0 radical (unpaired) electrons. The number of carbonyl (C=O) groups excluding carboxylic acids is 1. The van der Waals surface area contributed by atoms with Gasteiger partial charge in [-0.3, -0.25) is 9.69 Å². The zero-order chi connectivity index (χ0) is 13.8. The zero-order valence-corrected chi connectivity index (χ0v) is 12.6. The summed E-state index contributed by atoms with van der Waals surface area (Å²) in [6, 6.07) is 1.80. The van der Waals surface area contributed by atoms with Gasteiger partial charge in [0, 0.05) is 26.2 Å². The fourth-order valence-electron chi connectivity index (χ4n) is 2.25. The number of nitrogens with two attached hydrogens (primary N) is 1. The van der Waals surface area contributed by atoms with E-state index in [1.807, 2.05) is 10.3 Å². The van der Waals surface area contributed by atoms with Crippen LogP contribution >= 0.6 is 11.3 Å². The summed E-state index contributed by atoms with van der Waals surface area (Å²) in [5.41, 5.74) is 6.42. The maximum Gasteiger partial charge on any atom is 0.266 e. The molecule has 2 rings (SSSR count). The lowest BCUT2D eigenvalue weighted by Gasteiger charge is -2.34. The van der Waals surface area contributed by atoms with Crippen LogP contribution in [0.5, 0.6) is 0 Å². The lowest BCUT2D eigenvalue weighted by atomic mass is 10.1. The van der Waals surface area contributed by atoms with Crippen LogP contribution in [0.15, 0.2) is 11.4 Å². The molecule has 0 unspecified atom stereocenters. The topological polar surface area (TPSA) is 49.6 Å². The average Bonchev–Trinajstić information content (AvgIpc) is 2.82. The van der Waals surface area contributed by atoms with Crippen LogP contribution in [0.2, 0.25) is 0 Å². The Balaban J connectivity index is 1.83. The highest BCUT2D eigenvalue weighted by atomic mass is 32.1. The summed E-state index contributed by atoms with van der Waals surface area (Å²) in [6.07, 6.45) is 1.23. The van der Waals surface area contributed by atoms with Gasteiger partial charge in [-0.25, -0.2) is 0 Å². The molecule has 19 heavy (non-hydrogen) atoms. The van der Waals surface area contributed by atoms with Crippen molar-refractivity contribution in [3.63, 3.8) is 0 Å². The standard InChI is InChI=1S/C14H23N3OS/c1-11(2)3-5-16-6-8-17(9-7-16)14(18)13-12(15)4-10-19-13/h4,10-11H,3,5-9,15H2,1-2H3. The first-order chi connectivity index (χ1) is 9.08. The number of hydrogen-bond acceptors (Lipinski definition) is 4. The molecule has 0 spiro atoms. The van der Waals surface area contributed by atoms with E-state index >= 15 is 0 Å². The third-order valence-corrected chi connectivity index (χ3v) is 4.49. The molecule has 2 N–H and O–H groups in total. The molecule has 0 atom stereocenters. The maximum absolute atomic E-state index is 12.3. The van der Waals surface area contributed by atoms with E-state index in [4.69, 9.17) is 5.73 Å². The van der Waals surface area contributed by atoms with Crippen LogP contribution in [0.1, 0.15) is 29.9 Å². The molecule has 1 aliphatic rings. The number of nitrogens with zero attached hydrogens (tertiary/aromatic N) is 2. The van der Waals surface area contributed by atoms with E-state index in [1.54, 1.807) is 6.07 Å². The first-order valence-corrected chi connectivity index (χ1v) is 7.80. The summed E-state index contributed by atoms with van der Waals surface area (Å²) < 4.78 is 0. The van der Waals surface area contributed by atoms with Gasteiger partial charge in [-0.05, 0) is 30.3 Å². The first-order valence-electron chi connectivity index (χ1n) is 6.92. The number of rotatable bonds is 4. The molecule has 1 aliphatic heterocycles. The van der Waals surface area contributed by atoms with E-state index in [0.29, 0.717) is 10.6 Å². The third kappa shape index (κ3) is 3.70. The molecule has 0 aromatic carbocycles. The molecule has 1 fully saturated rings. The summed E-state index contributed by atoms with van der Waals surface area (Å²) in [4.78, 5) is 17.4. The van der Waals surface area contributed by atoms with E-state index in [0.717, 1.165) is 38.6 Å². The van der Waals surface area contributed by atoms with E-state index in [9.17, 15) is 4.79 Å². The summed E-state index contributed by atoms with van der Waals surface area (Å²) in [5, 5.41) is 1.88. The second-order valence-corrected chi connectivity index (χ2v) is 6.44. The lowest BCUT2D eigenvalue weighted by molar-refractivity contribution is 0.0637. The smallest absolute Gasteiger partial charge is 0.266 e. The van der Waals surface area contributed by atoms with E-state index in [2.05, 4.69) is 18.7 Å². The van der Waals surface area contributed by atoms with Gasteiger partial charge in [0.15, 0.2) is 0 Å². The minimum Gasteiger partial charge on any atom is -0.397 e. The Morgan fingerprint density at radius 1 is 1.37 bits per heavy atom. The molecule has 1 aromatic rings. The number of piperazine rings is 1. The summed E-state index contributed by atoms with van der Waals surface area (Å²) in [7, 11) is 0. The van der Waals surface area contributed by atoms with Crippen molar-refractivity contribution in [3.05, 3.63) is 16.3 Å². The van der Waals surface area contributed by atoms with Crippen molar-refractivity contribution >= 4 is 22.9 Å².